The van der Waals surface area contributed by atoms with Crippen LogP contribution in [0.2, 0.25) is 0 Å². The van der Waals surface area contributed by atoms with Crippen molar-refractivity contribution in [2.24, 2.45) is 5.73 Å². The second-order valence-electron chi connectivity index (χ2n) is 3.12. The summed E-state index contributed by atoms with van der Waals surface area (Å²) in [7, 11) is 0. The van der Waals surface area contributed by atoms with Crippen molar-refractivity contribution in [1.82, 2.24) is 15.0 Å². The van der Waals surface area contributed by atoms with Gasteiger partial charge in [-0.25, -0.2) is 9.97 Å². The average molecular weight is 201 g/mol. The molecule has 2 heterocycles. The molecule has 1 atom stereocenters. The molecule has 1 unspecified atom stereocenters. The molecule has 2 aromatic rings. The molecular formula is C10H11N5. The van der Waals surface area contributed by atoms with E-state index >= 15 is 0 Å². The topological polar surface area (TPSA) is 90.7 Å². The summed E-state index contributed by atoms with van der Waals surface area (Å²) in [6.07, 6.45) is 6.39. The minimum atomic E-state index is -0.360. The second kappa shape index (κ2) is 4.02. The number of hydrogen-bond acceptors (Lipinski definition) is 5. The number of rotatable bonds is 2. The molecule has 5 nitrogen and oxygen atoms in total. The molecule has 76 valence electrons. The Morgan fingerprint density at radius 3 is 2.60 bits per heavy atom. The van der Waals surface area contributed by atoms with Crippen molar-refractivity contribution < 1.29 is 0 Å². The van der Waals surface area contributed by atoms with Gasteiger partial charge in [0.15, 0.2) is 0 Å². The molecule has 2 rings (SSSR count). The number of nitrogens with two attached hydrogens (primary N) is 2. The van der Waals surface area contributed by atoms with E-state index in [0.717, 1.165) is 11.3 Å². The molecule has 0 aliphatic rings. The molecule has 0 spiro atoms. The number of anilines is 1. The third kappa shape index (κ3) is 1.92. The normalized spacial score (nSPS) is 12.3. The summed E-state index contributed by atoms with van der Waals surface area (Å²) in [4.78, 5) is 11.9. The zero-order valence-corrected chi connectivity index (χ0v) is 8.04. The van der Waals surface area contributed by atoms with Crippen molar-refractivity contribution in [3.63, 3.8) is 0 Å². The Morgan fingerprint density at radius 1 is 1.13 bits per heavy atom. The molecule has 0 bridgehead atoms. The average Bonchev–Trinajstić information content (AvgIpc) is 2.30. The summed E-state index contributed by atoms with van der Waals surface area (Å²) in [5.74, 6) is 0. The molecular weight excluding hydrogens is 190 g/mol. The fourth-order valence-corrected chi connectivity index (χ4v) is 1.32. The second-order valence-corrected chi connectivity index (χ2v) is 3.12. The zero-order valence-electron chi connectivity index (χ0n) is 8.04. The Balaban J connectivity index is 2.37. The van der Waals surface area contributed by atoms with Gasteiger partial charge in [0.05, 0.1) is 11.7 Å². The summed E-state index contributed by atoms with van der Waals surface area (Å²) in [5, 5.41) is 0. The molecule has 4 N–H and O–H groups in total. The molecule has 0 fully saturated rings. The first-order valence-corrected chi connectivity index (χ1v) is 4.50. The van der Waals surface area contributed by atoms with Gasteiger partial charge in [-0.2, -0.15) is 0 Å². The van der Waals surface area contributed by atoms with E-state index in [2.05, 4.69) is 15.0 Å². The molecule has 2 aromatic heterocycles. The van der Waals surface area contributed by atoms with Crippen LogP contribution in [0, 0.1) is 0 Å². The summed E-state index contributed by atoms with van der Waals surface area (Å²) >= 11 is 0. The largest absolute Gasteiger partial charge is 0.398 e. The Labute approximate surface area is 87.2 Å². The number of aromatic nitrogens is 3. The third-order valence-corrected chi connectivity index (χ3v) is 2.15. The molecule has 0 amide bonds. The van der Waals surface area contributed by atoms with E-state index in [-0.39, 0.29) is 6.04 Å². The minimum absolute atomic E-state index is 0.360. The first-order valence-electron chi connectivity index (χ1n) is 4.50. The van der Waals surface area contributed by atoms with Crippen LogP contribution in [0.5, 0.6) is 0 Å². The van der Waals surface area contributed by atoms with E-state index in [1.807, 2.05) is 0 Å². The maximum absolute atomic E-state index is 6.01. The minimum Gasteiger partial charge on any atom is -0.398 e. The third-order valence-electron chi connectivity index (χ3n) is 2.15. The van der Waals surface area contributed by atoms with Gasteiger partial charge >= 0.3 is 0 Å². The van der Waals surface area contributed by atoms with Gasteiger partial charge in [0.1, 0.15) is 6.33 Å². The highest BCUT2D eigenvalue weighted by Gasteiger charge is 2.12. The van der Waals surface area contributed by atoms with Gasteiger partial charge in [-0.1, -0.05) is 0 Å². The summed E-state index contributed by atoms with van der Waals surface area (Å²) in [5.41, 5.74) is 13.9. The Kier molecular flexibility index (Phi) is 2.55. The molecule has 0 saturated carbocycles. The molecule has 0 aliphatic carbocycles. The van der Waals surface area contributed by atoms with Crippen molar-refractivity contribution in [3.05, 3.63) is 48.3 Å². The van der Waals surface area contributed by atoms with E-state index in [0.29, 0.717) is 5.69 Å². The summed E-state index contributed by atoms with van der Waals surface area (Å²) in [6.45, 7) is 0. The molecule has 0 aliphatic heterocycles. The Morgan fingerprint density at radius 2 is 1.93 bits per heavy atom. The van der Waals surface area contributed by atoms with Gasteiger partial charge in [0, 0.05) is 29.8 Å². The lowest BCUT2D eigenvalue weighted by Crippen LogP contribution is -2.15. The van der Waals surface area contributed by atoms with Crippen LogP contribution < -0.4 is 11.5 Å². The highest BCUT2D eigenvalue weighted by Crippen LogP contribution is 2.21. The summed E-state index contributed by atoms with van der Waals surface area (Å²) in [6, 6.07) is 3.12. The maximum atomic E-state index is 6.01. The number of nitrogen functional groups attached to an aromatic ring is 1. The molecule has 5 heteroatoms. The fraction of sp³-hybridized carbons (Fsp3) is 0.100. The predicted octanol–water partition coefficient (Wildman–Crippen LogP) is 0.502. The zero-order chi connectivity index (χ0) is 10.7. The van der Waals surface area contributed by atoms with E-state index < -0.39 is 0 Å². The van der Waals surface area contributed by atoms with E-state index in [9.17, 15) is 0 Å². The van der Waals surface area contributed by atoms with Gasteiger partial charge in [0.2, 0.25) is 0 Å². The highest BCUT2D eigenvalue weighted by atomic mass is 14.9. The van der Waals surface area contributed by atoms with Crippen molar-refractivity contribution in [1.29, 1.82) is 0 Å². The molecule has 15 heavy (non-hydrogen) atoms. The van der Waals surface area contributed by atoms with Crippen LogP contribution in [0.1, 0.15) is 17.3 Å². The van der Waals surface area contributed by atoms with Crippen LogP contribution in [0.3, 0.4) is 0 Å². The lowest BCUT2D eigenvalue weighted by atomic mass is 10.1. The highest BCUT2D eigenvalue weighted by molar-refractivity contribution is 5.48. The van der Waals surface area contributed by atoms with E-state index in [1.54, 1.807) is 30.7 Å². The summed E-state index contributed by atoms with van der Waals surface area (Å²) < 4.78 is 0. The Hall–Kier alpha value is -2.01. The van der Waals surface area contributed by atoms with Crippen molar-refractivity contribution in [3.8, 4) is 0 Å². The van der Waals surface area contributed by atoms with Gasteiger partial charge in [-0.15, -0.1) is 0 Å². The van der Waals surface area contributed by atoms with Crippen molar-refractivity contribution >= 4 is 5.69 Å². The van der Waals surface area contributed by atoms with Crippen LogP contribution >= 0.6 is 0 Å². The van der Waals surface area contributed by atoms with Crippen molar-refractivity contribution in [2.75, 3.05) is 5.73 Å². The van der Waals surface area contributed by atoms with Gasteiger partial charge in [-0.05, 0) is 12.1 Å². The van der Waals surface area contributed by atoms with Crippen LogP contribution in [-0.2, 0) is 0 Å². The molecule has 0 aromatic carbocycles. The quantitative estimate of drug-likeness (QED) is 0.738. The van der Waals surface area contributed by atoms with Crippen LogP contribution in [0.4, 0.5) is 5.69 Å². The lowest BCUT2D eigenvalue weighted by molar-refractivity contribution is 0.817. The van der Waals surface area contributed by atoms with Crippen LogP contribution in [0.25, 0.3) is 0 Å². The Bertz CT molecular complexity index is 443. The molecule has 0 saturated heterocycles. The fourth-order valence-electron chi connectivity index (χ4n) is 1.32. The SMILES string of the molecule is Nc1ccncc1C(N)c1ccncn1. The predicted molar refractivity (Wildman–Crippen MR) is 56.7 cm³/mol. The van der Waals surface area contributed by atoms with Crippen molar-refractivity contribution in [2.45, 2.75) is 6.04 Å². The van der Waals surface area contributed by atoms with Gasteiger partial charge in [-0.3, -0.25) is 4.98 Å². The first kappa shape index (κ1) is 9.54. The monoisotopic (exact) mass is 201 g/mol. The van der Waals surface area contributed by atoms with E-state index in [4.69, 9.17) is 11.5 Å². The number of hydrogen-bond donors (Lipinski definition) is 2. The first-order chi connectivity index (χ1) is 7.29. The number of pyridine rings is 1. The van der Waals surface area contributed by atoms with E-state index in [1.165, 1.54) is 6.33 Å². The van der Waals surface area contributed by atoms with Crippen LogP contribution in [0.15, 0.2) is 37.1 Å². The standard InChI is InChI=1S/C10H11N5/c11-8-1-3-13-5-7(8)10(12)9-2-4-14-6-15-9/h1-6,10H,12H2,(H2,11,13). The maximum Gasteiger partial charge on any atom is 0.115 e. The molecule has 0 radical (unpaired) electrons. The van der Waals surface area contributed by atoms with Gasteiger partial charge in [0.25, 0.3) is 0 Å². The number of nitrogens with zero attached hydrogens (tertiary/aromatic N) is 3. The smallest absolute Gasteiger partial charge is 0.115 e. The lowest BCUT2D eigenvalue weighted by Gasteiger charge is -2.12. The van der Waals surface area contributed by atoms with Gasteiger partial charge < -0.3 is 11.5 Å². The van der Waals surface area contributed by atoms with Crippen LogP contribution in [-0.4, -0.2) is 15.0 Å².